The number of aliphatic carboxylic acids is 2. The average Bonchev–Trinajstić information content (AvgIpc) is 2.94. The van der Waals surface area contributed by atoms with Gasteiger partial charge in [-0.15, -0.1) is 0 Å². The van der Waals surface area contributed by atoms with Gasteiger partial charge in [-0.2, -0.15) is 0 Å². The molecule has 0 spiro atoms. The van der Waals surface area contributed by atoms with E-state index in [0.29, 0.717) is 0 Å². The molecule has 0 bridgehead atoms. The minimum absolute atomic E-state index is 0.740. The summed E-state index contributed by atoms with van der Waals surface area (Å²) in [4.78, 5) is 22.4. The number of hydrogen-bond donors (Lipinski definition) is 3. The van der Waals surface area contributed by atoms with Crippen LogP contribution in [0.15, 0.2) is 47.2 Å². The van der Waals surface area contributed by atoms with Crippen LogP contribution < -0.4 is 5.32 Å². The molecule has 0 aliphatic rings. The van der Waals surface area contributed by atoms with Gasteiger partial charge >= 0.3 is 11.9 Å². The second-order valence-corrected chi connectivity index (χ2v) is 3.61. The normalized spacial score (nSPS) is 9.40. The summed E-state index contributed by atoms with van der Waals surface area (Å²) >= 11 is 0. The van der Waals surface area contributed by atoms with Crippen LogP contribution in [-0.4, -0.2) is 27.1 Å². The highest BCUT2D eigenvalue weighted by Gasteiger charge is 2.04. The predicted molar refractivity (Wildman–Crippen MR) is 68.8 cm³/mol. The molecule has 2 rings (SSSR count). The van der Waals surface area contributed by atoms with Crippen molar-refractivity contribution in [1.82, 2.24) is 10.3 Å². The van der Waals surface area contributed by atoms with Crippen molar-refractivity contribution in [2.75, 3.05) is 0 Å². The van der Waals surface area contributed by atoms with Crippen molar-refractivity contribution in [2.45, 2.75) is 13.1 Å². The van der Waals surface area contributed by atoms with E-state index in [1.54, 1.807) is 12.5 Å². The van der Waals surface area contributed by atoms with Crippen molar-refractivity contribution < 1.29 is 24.2 Å². The van der Waals surface area contributed by atoms with Crippen molar-refractivity contribution in [2.24, 2.45) is 0 Å². The molecular weight excluding hydrogens is 264 g/mol. The smallest absolute Gasteiger partial charge is 0.414 e. The Morgan fingerprint density at radius 1 is 1.10 bits per heavy atom. The fourth-order valence-electron chi connectivity index (χ4n) is 1.23. The van der Waals surface area contributed by atoms with Gasteiger partial charge in [0.05, 0.1) is 18.5 Å². The maximum absolute atomic E-state index is 9.10. The highest BCUT2D eigenvalue weighted by molar-refractivity contribution is 6.27. The van der Waals surface area contributed by atoms with Gasteiger partial charge in [0.15, 0.2) is 0 Å². The van der Waals surface area contributed by atoms with Gasteiger partial charge in [-0.3, -0.25) is 4.98 Å². The molecule has 0 saturated carbocycles. The van der Waals surface area contributed by atoms with Crippen molar-refractivity contribution in [3.63, 3.8) is 0 Å². The van der Waals surface area contributed by atoms with Gasteiger partial charge in [0.2, 0.25) is 0 Å². The summed E-state index contributed by atoms with van der Waals surface area (Å²) in [5.41, 5.74) is 1.04. The number of carboxylic acids is 2. The molecule has 0 amide bonds. The lowest BCUT2D eigenvalue weighted by Crippen LogP contribution is -2.12. The Balaban J connectivity index is 0.000000286. The Bertz CT molecular complexity index is 513. The molecule has 0 saturated heterocycles. The zero-order valence-electron chi connectivity index (χ0n) is 10.5. The number of furan rings is 1. The van der Waals surface area contributed by atoms with Crippen LogP contribution in [0.2, 0.25) is 0 Å². The number of hydrogen-bond acceptors (Lipinski definition) is 5. The number of nitrogens with one attached hydrogen (secondary N) is 1. The number of carbonyl (C=O) groups is 2. The molecule has 20 heavy (non-hydrogen) atoms. The lowest BCUT2D eigenvalue weighted by molar-refractivity contribution is -0.159. The van der Waals surface area contributed by atoms with Crippen LogP contribution in [0.1, 0.15) is 11.5 Å². The van der Waals surface area contributed by atoms with Crippen LogP contribution in [0.4, 0.5) is 0 Å². The summed E-state index contributed by atoms with van der Waals surface area (Å²) in [5.74, 6) is -2.70. The van der Waals surface area contributed by atoms with E-state index in [1.165, 1.54) is 0 Å². The first-order valence-electron chi connectivity index (χ1n) is 5.69. The third-order valence-electron chi connectivity index (χ3n) is 2.09. The Kier molecular flexibility index (Phi) is 6.49. The molecule has 106 valence electrons. The third-order valence-corrected chi connectivity index (χ3v) is 2.09. The lowest BCUT2D eigenvalue weighted by atomic mass is 10.3. The molecule has 2 aromatic heterocycles. The van der Waals surface area contributed by atoms with Gasteiger partial charge in [-0.1, -0.05) is 6.07 Å². The average molecular weight is 278 g/mol. The molecule has 0 radical (unpaired) electrons. The number of aromatic nitrogens is 1. The molecule has 2 heterocycles. The Labute approximate surface area is 114 Å². The fraction of sp³-hybridized carbons (Fsp3) is 0.154. The van der Waals surface area contributed by atoms with Crippen LogP contribution in [-0.2, 0) is 22.7 Å². The van der Waals surface area contributed by atoms with E-state index in [2.05, 4.69) is 10.3 Å². The molecule has 0 fully saturated rings. The largest absolute Gasteiger partial charge is 0.473 e. The zero-order valence-corrected chi connectivity index (χ0v) is 10.5. The van der Waals surface area contributed by atoms with Crippen molar-refractivity contribution in [1.29, 1.82) is 0 Å². The molecule has 0 unspecified atom stereocenters. The Morgan fingerprint density at radius 3 is 2.35 bits per heavy atom. The zero-order chi connectivity index (χ0) is 14.8. The summed E-state index contributed by atoms with van der Waals surface area (Å²) in [6.07, 6.45) is 3.47. The maximum Gasteiger partial charge on any atom is 0.414 e. The summed E-state index contributed by atoms with van der Waals surface area (Å²) in [7, 11) is 0. The molecule has 7 nitrogen and oxygen atoms in total. The summed E-state index contributed by atoms with van der Waals surface area (Å²) in [6, 6.07) is 9.73. The van der Waals surface area contributed by atoms with Gasteiger partial charge in [0.1, 0.15) is 5.76 Å². The molecule has 0 atom stereocenters. The topological polar surface area (TPSA) is 113 Å². The second-order valence-electron chi connectivity index (χ2n) is 3.61. The molecule has 2 aromatic rings. The minimum atomic E-state index is -1.82. The predicted octanol–water partition coefficient (Wildman–Crippen LogP) is 1.12. The van der Waals surface area contributed by atoms with E-state index in [9.17, 15) is 0 Å². The van der Waals surface area contributed by atoms with Gasteiger partial charge in [-0.05, 0) is 24.3 Å². The highest BCUT2D eigenvalue weighted by Crippen LogP contribution is 1.99. The molecular formula is C13H14N2O5. The van der Waals surface area contributed by atoms with E-state index >= 15 is 0 Å². The monoisotopic (exact) mass is 278 g/mol. The molecule has 0 aromatic carbocycles. The van der Waals surface area contributed by atoms with Crippen LogP contribution in [0.5, 0.6) is 0 Å². The van der Waals surface area contributed by atoms with Crippen molar-refractivity contribution in [3.8, 4) is 0 Å². The van der Waals surface area contributed by atoms with E-state index in [4.69, 9.17) is 24.2 Å². The molecule has 0 aliphatic heterocycles. The SMILES string of the molecule is O=C(O)C(=O)O.c1ccc(CNCc2ccco2)nc1. The molecule has 7 heteroatoms. The standard InChI is InChI=1S/C11H12N2O.C2H2O4/c1-2-6-13-10(4-1)8-12-9-11-5-3-7-14-11;3-1(4)2(5)6/h1-7,12H,8-9H2;(H,3,4)(H,5,6). The van der Waals surface area contributed by atoms with Crippen LogP contribution in [0, 0.1) is 0 Å². The van der Waals surface area contributed by atoms with Gasteiger partial charge in [-0.25, -0.2) is 9.59 Å². The summed E-state index contributed by atoms with van der Waals surface area (Å²) in [6.45, 7) is 1.51. The Morgan fingerprint density at radius 2 is 1.85 bits per heavy atom. The number of carboxylic acid groups (broad SMARTS) is 2. The maximum atomic E-state index is 9.10. The number of pyridine rings is 1. The lowest BCUT2D eigenvalue weighted by Gasteiger charge is -2.01. The van der Waals surface area contributed by atoms with Gasteiger partial charge < -0.3 is 19.9 Å². The summed E-state index contributed by atoms with van der Waals surface area (Å²) < 4.78 is 5.19. The highest BCUT2D eigenvalue weighted by atomic mass is 16.4. The van der Waals surface area contributed by atoms with Crippen molar-refractivity contribution in [3.05, 3.63) is 54.2 Å². The van der Waals surface area contributed by atoms with Crippen LogP contribution >= 0.6 is 0 Å². The minimum Gasteiger partial charge on any atom is -0.473 e. The second kappa shape index (κ2) is 8.44. The van der Waals surface area contributed by atoms with E-state index in [1.807, 2.05) is 30.3 Å². The number of rotatable bonds is 4. The van der Waals surface area contributed by atoms with Gasteiger partial charge in [0.25, 0.3) is 0 Å². The fourth-order valence-corrected chi connectivity index (χ4v) is 1.23. The third kappa shape index (κ3) is 6.31. The molecule has 3 N–H and O–H groups in total. The van der Waals surface area contributed by atoms with E-state index in [0.717, 1.165) is 24.5 Å². The first-order valence-corrected chi connectivity index (χ1v) is 5.69. The van der Waals surface area contributed by atoms with Crippen LogP contribution in [0.3, 0.4) is 0 Å². The Hall–Kier alpha value is -2.67. The van der Waals surface area contributed by atoms with Crippen LogP contribution in [0.25, 0.3) is 0 Å². The first kappa shape index (κ1) is 15.4. The molecule has 0 aliphatic carbocycles. The van der Waals surface area contributed by atoms with Gasteiger partial charge in [0, 0.05) is 12.7 Å². The van der Waals surface area contributed by atoms with E-state index in [-0.39, 0.29) is 0 Å². The summed E-state index contributed by atoms with van der Waals surface area (Å²) in [5, 5.41) is 18.0. The van der Waals surface area contributed by atoms with Crippen molar-refractivity contribution >= 4 is 11.9 Å². The quantitative estimate of drug-likeness (QED) is 0.718. The van der Waals surface area contributed by atoms with E-state index < -0.39 is 11.9 Å². The number of nitrogens with zero attached hydrogens (tertiary/aromatic N) is 1. The first-order chi connectivity index (χ1) is 9.59.